The number of rotatable bonds is 2. The van der Waals surface area contributed by atoms with E-state index in [0.29, 0.717) is 21.1 Å². The number of hydrogen-bond donors (Lipinski definition) is 0. The van der Waals surface area contributed by atoms with Crippen molar-refractivity contribution in [3.63, 3.8) is 0 Å². The average molecular weight is 384 g/mol. The molecule has 0 unspecified atom stereocenters. The molecule has 0 aliphatic rings. The minimum Gasteiger partial charge on any atom is -0.298 e. The van der Waals surface area contributed by atoms with Crippen LogP contribution in [0.2, 0.25) is 0 Å². The fourth-order valence-corrected chi connectivity index (χ4v) is 3.21. The Morgan fingerprint density at radius 1 is 1.08 bits per heavy atom. The maximum Gasteiger partial charge on any atom is 0.262 e. The van der Waals surface area contributed by atoms with Crippen LogP contribution < -0.4 is 5.56 Å². The molecule has 0 amide bonds. The number of nitrogens with zero attached hydrogens (tertiary/aromatic N) is 1. The highest BCUT2D eigenvalue weighted by molar-refractivity contribution is 9.10. The number of aromatic nitrogens is 1. The summed E-state index contributed by atoms with van der Waals surface area (Å²) in [5.74, 6) is 0. The van der Waals surface area contributed by atoms with Gasteiger partial charge >= 0.3 is 0 Å². The van der Waals surface area contributed by atoms with Crippen molar-refractivity contribution in [3.8, 4) is 5.69 Å². The van der Waals surface area contributed by atoms with Crippen molar-refractivity contribution in [2.75, 3.05) is 0 Å². The molecule has 3 aromatic rings. The number of carbonyl (C=O) groups excluding carboxylic acids is 1. The van der Waals surface area contributed by atoms with Crippen LogP contribution in [0.15, 0.2) is 57.9 Å². The lowest BCUT2D eigenvalue weighted by Gasteiger charge is -2.19. The van der Waals surface area contributed by atoms with Gasteiger partial charge in [0, 0.05) is 16.1 Å². The van der Waals surface area contributed by atoms with Gasteiger partial charge in [-0.1, -0.05) is 39.0 Å². The molecule has 3 rings (SSSR count). The number of hydrogen-bond acceptors (Lipinski definition) is 2. The molecule has 0 aliphatic carbocycles. The predicted octanol–water partition coefficient (Wildman–Crippen LogP) is 4.86. The summed E-state index contributed by atoms with van der Waals surface area (Å²) in [5.41, 5.74) is 2.12. The molecule has 0 saturated carbocycles. The highest BCUT2D eigenvalue weighted by atomic mass is 79.9. The molecule has 1 aromatic heterocycles. The Bertz CT molecular complexity index is 997. The highest BCUT2D eigenvalue weighted by Gasteiger charge is 2.15. The molecule has 0 radical (unpaired) electrons. The summed E-state index contributed by atoms with van der Waals surface area (Å²) in [5, 5.41) is 1.55. The largest absolute Gasteiger partial charge is 0.298 e. The van der Waals surface area contributed by atoms with E-state index >= 15 is 0 Å². The third-order valence-corrected chi connectivity index (χ3v) is 4.87. The molecule has 4 heteroatoms. The minimum atomic E-state index is -0.130. The van der Waals surface area contributed by atoms with Crippen molar-refractivity contribution < 1.29 is 4.79 Å². The molecule has 0 N–H and O–H groups in total. The van der Waals surface area contributed by atoms with Crippen molar-refractivity contribution >= 4 is 33.0 Å². The summed E-state index contributed by atoms with van der Waals surface area (Å²) in [4.78, 5) is 24.3. The number of aldehydes is 1. The first kappa shape index (κ1) is 16.7. The van der Waals surface area contributed by atoms with Crippen LogP contribution in [0.1, 0.15) is 36.7 Å². The zero-order chi connectivity index (χ0) is 17.5. The molecule has 0 aliphatic heterocycles. The third-order valence-electron chi connectivity index (χ3n) is 4.18. The van der Waals surface area contributed by atoms with Crippen LogP contribution in [-0.4, -0.2) is 10.9 Å². The van der Waals surface area contributed by atoms with Crippen LogP contribution in [0, 0.1) is 0 Å². The first-order valence-corrected chi connectivity index (χ1v) is 8.52. The summed E-state index contributed by atoms with van der Waals surface area (Å²) in [6.07, 6.45) is 2.49. The van der Waals surface area contributed by atoms with Gasteiger partial charge in [0.15, 0.2) is 6.29 Å². The Morgan fingerprint density at radius 3 is 2.50 bits per heavy atom. The van der Waals surface area contributed by atoms with Crippen LogP contribution >= 0.6 is 15.9 Å². The SMILES string of the molecule is CC(C)(C)c1ccc2c(=O)n(-c3cccc(Br)c3C=O)ccc2c1. The normalized spacial score (nSPS) is 11.7. The zero-order valence-corrected chi connectivity index (χ0v) is 15.4. The van der Waals surface area contributed by atoms with Crippen LogP contribution in [0.4, 0.5) is 0 Å². The van der Waals surface area contributed by atoms with E-state index in [4.69, 9.17) is 0 Å². The van der Waals surface area contributed by atoms with Crippen LogP contribution in [0.3, 0.4) is 0 Å². The van der Waals surface area contributed by atoms with Crippen molar-refractivity contribution in [2.45, 2.75) is 26.2 Å². The number of fused-ring (bicyclic) bond motifs is 1. The van der Waals surface area contributed by atoms with Crippen LogP contribution in [0.25, 0.3) is 16.5 Å². The Morgan fingerprint density at radius 2 is 1.83 bits per heavy atom. The van der Waals surface area contributed by atoms with E-state index in [9.17, 15) is 9.59 Å². The number of pyridine rings is 1. The lowest BCUT2D eigenvalue weighted by atomic mass is 9.86. The molecule has 3 nitrogen and oxygen atoms in total. The van der Waals surface area contributed by atoms with Gasteiger partial charge in [-0.25, -0.2) is 0 Å². The van der Waals surface area contributed by atoms with E-state index in [-0.39, 0.29) is 11.0 Å². The molecule has 0 atom stereocenters. The first-order valence-electron chi connectivity index (χ1n) is 7.73. The maximum absolute atomic E-state index is 12.9. The summed E-state index contributed by atoms with van der Waals surface area (Å²) < 4.78 is 2.19. The van der Waals surface area contributed by atoms with Crippen molar-refractivity contribution in [1.29, 1.82) is 0 Å². The summed E-state index contributed by atoms with van der Waals surface area (Å²) >= 11 is 3.36. The second-order valence-electron chi connectivity index (χ2n) is 6.83. The smallest absolute Gasteiger partial charge is 0.262 e. The fourth-order valence-electron chi connectivity index (χ4n) is 2.76. The van der Waals surface area contributed by atoms with E-state index in [1.54, 1.807) is 18.3 Å². The molecule has 0 fully saturated rings. The van der Waals surface area contributed by atoms with Gasteiger partial charge in [-0.15, -0.1) is 0 Å². The Labute approximate surface area is 149 Å². The fraction of sp³-hybridized carbons (Fsp3) is 0.200. The molecule has 1 heterocycles. The topological polar surface area (TPSA) is 39.1 Å². The van der Waals surface area contributed by atoms with Gasteiger partial charge in [-0.05, 0) is 56.6 Å². The Kier molecular flexibility index (Phi) is 4.18. The van der Waals surface area contributed by atoms with E-state index in [1.165, 1.54) is 10.1 Å². The molecule has 122 valence electrons. The molecular formula is C20H18BrNO2. The summed E-state index contributed by atoms with van der Waals surface area (Å²) in [7, 11) is 0. The third kappa shape index (κ3) is 2.82. The zero-order valence-electron chi connectivity index (χ0n) is 13.8. The van der Waals surface area contributed by atoms with Gasteiger partial charge in [0.05, 0.1) is 11.3 Å². The minimum absolute atomic E-state index is 0.0258. The summed E-state index contributed by atoms with van der Waals surface area (Å²) in [6.45, 7) is 6.44. The monoisotopic (exact) mass is 383 g/mol. The quantitative estimate of drug-likeness (QED) is 0.592. The molecule has 0 spiro atoms. The van der Waals surface area contributed by atoms with Gasteiger partial charge in [-0.2, -0.15) is 0 Å². The standard InChI is InChI=1S/C20H18BrNO2/c1-20(2,3)14-7-8-15-13(11-14)9-10-22(19(15)24)18-6-4-5-17(21)16(18)12-23/h4-12H,1-3H3. The molecular weight excluding hydrogens is 366 g/mol. The van der Waals surface area contributed by atoms with Crippen molar-refractivity contribution in [1.82, 2.24) is 4.57 Å². The van der Waals surface area contributed by atoms with E-state index in [0.717, 1.165) is 11.7 Å². The Hall–Kier alpha value is -2.20. The van der Waals surface area contributed by atoms with Crippen LogP contribution in [-0.2, 0) is 5.41 Å². The maximum atomic E-state index is 12.9. The molecule has 24 heavy (non-hydrogen) atoms. The van der Waals surface area contributed by atoms with E-state index in [1.807, 2.05) is 24.3 Å². The van der Waals surface area contributed by atoms with Crippen molar-refractivity contribution in [2.24, 2.45) is 0 Å². The van der Waals surface area contributed by atoms with Crippen molar-refractivity contribution in [3.05, 3.63) is 74.6 Å². The van der Waals surface area contributed by atoms with E-state index < -0.39 is 0 Å². The van der Waals surface area contributed by atoms with E-state index in [2.05, 4.69) is 42.8 Å². The molecule has 0 saturated heterocycles. The van der Waals surface area contributed by atoms with Gasteiger partial charge in [0.2, 0.25) is 0 Å². The highest BCUT2D eigenvalue weighted by Crippen LogP contribution is 2.26. The second-order valence-corrected chi connectivity index (χ2v) is 7.69. The molecule has 0 bridgehead atoms. The van der Waals surface area contributed by atoms with Gasteiger partial charge < -0.3 is 0 Å². The summed E-state index contributed by atoms with van der Waals surface area (Å²) in [6, 6.07) is 13.2. The number of benzene rings is 2. The lowest BCUT2D eigenvalue weighted by Crippen LogP contribution is -2.19. The van der Waals surface area contributed by atoms with Crippen LogP contribution in [0.5, 0.6) is 0 Å². The second kappa shape index (κ2) is 6.02. The average Bonchev–Trinajstić information content (AvgIpc) is 2.54. The van der Waals surface area contributed by atoms with Gasteiger partial charge in [-0.3, -0.25) is 14.2 Å². The number of halogens is 1. The number of carbonyl (C=O) groups is 1. The predicted molar refractivity (Wildman–Crippen MR) is 101 cm³/mol. The molecule has 2 aromatic carbocycles. The van der Waals surface area contributed by atoms with Gasteiger partial charge in [0.1, 0.15) is 0 Å². The van der Waals surface area contributed by atoms with Gasteiger partial charge in [0.25, 0.3) is 5.56 Å². The lowest BCUT2D eigenvalue weighted by molar-refractivity contribution is 0.112. The first-order chi connectivity index (χ1) is 11.3. The Balaban J connectivity index is 2.26.